The third kappa shape index (κ3) is 6.31. The predicted molar refractivity (Wildman–Crippen MR) is 65.4 cm³/mol. The summed E-state index contributed by atoms with van der Waals surface area (Å²) in [7, 11) is 0. The average molecular weight is 247 g/mol. The molecule has 0 rings (SSSR count). The van der Waals surface area contributed by atoms with Crippen LogP contribution in [0.25, 0.3) is 0 Å². The van der Waals surface area contributed by atoms with Crippen LogP contribution < -0.4 is 0 Å². The molecular formula is C12H23Br. The van der Waals surface area contributed by atoms with E-state index in [9.17, 15) is 0 Å². The zero-order valence-electron chi connectivity index (χ0n) is 9.49. The molecule has 0 aliphatic heterocycles. The SMILES string of the molecule is C=CCC(C)(C)CC(C)(C)CCBr. The summed E-state index contributed by atoms with van der Waals surface area (Å²) in [5.74, 6) is 0. The molecule has 0 N–H and O–H groups in total. The minimum atomic E-state index is 0.396. The lowest BCUT2D eigenvalue weighted by Gasteiger charge is -2.34. The van der Waals surface area contributed by atoms with E-state index in [-0.39, 0.29) is 0 Å². The Kier molecular flexibility index (Phi) is 5.28. The van der Waals surface area contributed by atoms with Gasteiger partial charge in [-0.1, -0.05) is 49.7 Å². The molecule has 0 spiro atoms. The van der Waals surface area contributed by atoms with Crippen molar-refractivity contribution in [1.29, 1.82) is 0 Å². The fourth-order valence-electron chi connectivity index (χ4n) is 2.10. The van der Waals surface area contributed by atoms with E-state index in [0.717, 1.165) is 11.8 Å². The number of halogens is 1. The molecule has 0 fully saturated rings. The third-order valence-corrected chi connectivity index (χ3v) is 2.82. The molecule has 0 heterocycles. The fourth-order valence-corrected chi connectivity index (χ4v) is 3.18. The molecule has 0 aromatic carbocycles. The molecule has 0 aromatic heterocycles. The van der Waals surface area contributed by atoms with Gasteiger partial charge in [-0.25, -0.2) is 0 Å². The van der Waals surface area contributed by atoms with Crippen molar-refractivity contribution in [2.75, 3.05) is 5.33 Å². The van der Waals surface area contributed by atoms with E-state index in [4.69, 9.17) is 0 Å². The van der Waals surface area contributed by atoms with Crippen molar-refractivity contribution in [3.63, 3.8) is 0 Å². The van der Waals surface area contributed by atoms with Gasteiger partial charge in [-0.2, -0.15) is 0 Å². The first-order valence-corrected chi connectivity index (χ1v) is 6.12. The lowest BCUT2D eigenvalue weighted by Crippen LogP contribution is -2.23. The molecule has 0 aromatic rings. The summed E-state index contributed by atoms with van der Waals surface area (Å²) in [4.78, 5) is 0. The van der Waals surface area contributed by atoms with Gasteiger partial charge in [-0.3, -0.25) is 0 Å². The fraction of sp³-hybridized carbons (Fsp3) is 0.833. The van der Waals surface area contributed by atoms with Crippen LogP contribution >= 0.6 is 15.9 Å². The highest BCUT2D eigenvalue weighted by atomic mass is 79.9. The summed E-state index contributed by atoms with van der Waals surface area (Å²) in [6, 6.07) is 0. The molecule has 0 amide bonds. The van der Waals surface area contributed by atoms with Gasteiger partial charge in [0.2, 0.25) is 0 Å². The minimum Gasteiger partial charge on any atom is -0.103 e. The van der Waals surface area contributed by atoms with Crippen molar-refractivity contribution < 1.29 is 0 Å². The van der Waals surface area contributed by atoms with E-state index in [2.05, 4.69) is 50.2 Å². The Balaban J connectivity index is 4.14. The van der Waals surface area contributed by atoms with Crippen molar-refractivity contribution in [2.24, 2.45) is 10.8 Å². The van der Waals surface area contributed by atoms with E-state index < -0.39 is 0 Å². The van der Waals surface area contributed by atoms with Crippen molar-refractivity contribution >= 4 is 15.9 Å². The highest BCUT2D eigenvalue weighted by Gasteiger charge is 2.27. The number of rotatable bonds is 6. The summed E-state index contributed by atoms with van der Waals surface area (Å²) < 4.78 is 0. The number of allylic oxidation sites excluding steroid dienone is 1. The second-order valence-electron chi connectivity index (χ2n) is 5.44. The van der Waals surface area contributed by atoms with Gasteiger partial charge < -0.3 is 0 Å². The quantitative estimate of drug-likeness (QED) is 0.467. The van der Waals surface area contributed by atoms with Gasteiger partial charge in [0.25, 0.3) is 0 Å². The van der Waals surface area contributed by atoms with E-state index in [1.54, 1.807) is 0 Å². The predicted octanol–water partition coefficient (Wildman–Crippen LogP) is 4.79. The summed E-state index contributed by atoms with van der Waals surface area (Å²) in [5, 5.41) is 1.10. The molecule has 0 saturated carbocycles. The van der Waals surface area contributed by atoms with Gasteiger partial charge in [0, 0.05) is 5.33 Å². The number of alkyl halides is 1. The van der Waals surface area contributed by atoms with Crippen LogP contribution in [0.2, 0.25) is 0 Å². The standard InChI is InChI=1S/C12H23Br/c1-6-7-11(2,3)10-12(4,5)8-9-13/h6H,1,7-10H2,2-5H3. The van der Waals surface area contributed by atoms with Crippen LogP contribution in [0.5, 0.6) is 0 Å². The van der Waals surface area contributed by atoms with Gasteiger partial charge in [0.05, 0.1) is 0 Å². The first kappa shape index (κ1) is 13.2. The smallest absolute Gasteiger partial charge is 0.00363 e. The van der Waals surface area contributed by atoms with Crippen LogP contribution in [-0.4, -0.2) is 5.33 Å². The maximum absolute atomic E-state index is 3.81. The number of hydrogen-bond acceptors (Lipinski definition) is 0. The van der Waals surface area contributed by atoms with Crippen LogP contribution in [0, 0.1) is 10.8 Å². The van der Waals surface area contributed by atoms with Crippen LogP contribution in [-0.2, 0) is 0 Å². The Hall–Kier alpha value is 0.220. The second kappa shape index (κ2) is 5.19. The van der Waals surface area contributed by atoms with Gasteiger partial charge in [-0.05, 0) is 30.1 Å². The van der Waals surface area contributed by atoms with Crippen LogP contribution in [0.1, 0.15) is 47.0 Å². The molecule has 0 unspecified atom stereocenters. The molecule has 78 valence electrons. The van der Waals surface area contributed by atoms with Crippen molar-refractivity contribution in [3.05, 3.63) is 12.7 Å². The maximum atomic E-state index is 3.81. The molecular weight excluding hydrogens is 224 g/mol. The highest BCUT2D eigenvalue weighted by molar-refractivity contribution is 9.09. The zero-order chi connectivity index (χ0) is 10.5. The van der Waals surface area contributed by atoms with Gasteiger partial charge in [-0.15, -0.1) is 6.58 Å². The highest BCUT2D eigenvalue weighted by Crippen LogP contribution is 2.38. The van der Waals surface area contributed by atoms with Crippen molar-refractivity contribution in [1.82, 2.24) is 0 Å². The molecule has 0 atom stereocenters. The lowest BCUT2D eigenvalue weighted by molar-refractivity contribution is 0.192. The molecule has 0 radical (unpaired) electrons. The van der Waals surface area contributed by atoms with E-state index in [0.29, 0.717) is 10.8 Å². The van der Waals surface area contributed by atoms with Crippen molar-refractivity contribution in [2.45, 2.75) is 47.0 Å². The van der Waals surface area contributed by atoms with Crippen LogP contribution in [0.15, 0.2) is 12.7 Å². The average Bonchev–Trinajstić information content (AvgIpc) is 1.82. The van der Waals surface area contributed by atoms with Gasteiger partial charge >= 0.3 is 0 Å². The topological polar surface area (TPSA) is 0 Å². The first-order chi connectivity index (χ1) is 5.83. The van der Waals surface area contributed by atoms with Gasteiger partial charge in [0.15, 0.2) is 0 Å². The largest absolute Gasteiger partial charge is 0.103 e. The van der Waals surface area contributed by atoms with Crippen molar-refractivity contribution in [3.8, 4) is 0 Å². The Labute approximate surface area is 91.9 Å². The summed E-state index contributed by atoms with van der Waals surface area (Å²) in [6.07, 6.45) is 5.65. The molecule has 0 nitrogen and oxygen atoms in total. The Morgan fingerprint density at radius 2 is 1.69 bits per heavy atom. The first-order valence-electron chi connectivity index (χ1n) is 5.00. The minimum absolute atomic E-state index is 0.396. The molecule has 0 aliphatic rings. The zero-order valence-corrected chi connectivity index (χ0v) is 11.1. The third-order valence-electron chi connectivity index (χ3n) is 2.43. The molecule has 0 bridgehead atoms. The second-order valence-corrected chi connectivity index (χ2v) is 6.23. The normalized spacial score (nSPS) is 13.0. The van der Waals surface area contributed by atoms with E-state index in [1.165, 1.54) is 12.8 Å². The molecule has 0 aliphatic carbocycles. The maximum Gasteiger partial charge on any atom is 0.00363 e. The lowest BCUT2D eigenvalue weighted by atomic mass is 9.72. The number of hydrogen-bond donors (Lipinski definition) is 0. The molecule has 0 saturated heterocycles. The Morgan fingerprint density at radius 1 is 1.15 bits per heavy atom. The summed E-state index contributed by atoms with van der Waals surface area (Å²) in [5.41, 5.74) is 0.837. The molecule has 13 heavy (non-hydrogen) atoms. The monoisotopic (exact) mass is 246 g/mol. The Morgan fingerprint density at radius 3 is 2.08 bits per heavy atom. The van der Waals surface area contributed by atoms with E-state index in [1.807, 2.05) is 6.08 Å². The molecule has 1 heteroatoms. The van der Waals surface area contributed by atoms with E-state index >= 15 is 0 Å². The van der Waals surface area contributed by atoms with Gasteiger partial charge in [0.1, 0.15) is 0 Å². The van der Waals surface area contributed by atoms with Crippen LogP contribution in [0.3, 0.4) is 0 Å². The van der Waals surface area contributed by atoms with Crippen LogP contribution in [0.4, 0.5) is 0 Å². The summed E-state index contributed by atoms with van der Waals surface area (Å²) in [6.45, 7) is 13.2. The Bertz CT molecular complexity index is 157. The summed E-state index contributed by atoms with van der Waals surface area (Å²) >= 11 is 3.51.